The van der Waals surface area contributed by atoms with E-state index in [1.165, 1.54) is 11.0 Å². The van der Waals surface area contributed by atoms with E-state index in [4.69, 9.17) is 0 Å². The second-order valence-corrected chi connectivity index (χ2v) is 8.68. The number of carbonyl (C=O) groups is 4. The van der Waals surface area contributed by atoms with Crippen LogP contribution in [0.3, 0.4) is 0 Å². The van der Waals surface area contributed by atoms with Gasteiger partial charge in [-0.1, -0.05) is 20.8 Å². The summed E-state index contributed by atoms with van der Waals surface area (Å²) in [4.78, 5) is 64.3. The molecule has 1 fully saturated rings. The van der Waals surface area contributed by atoms with Crippen LogP contribution in [-0.4, -0.2) is 76.0 Å². The van der Waals surface area contributed by atoms with Gasteiger partial charge in [-0.25, -0.2) is 0 Å². The number of hydrogen-bond donors (Lipinski definition) is 0. The minimum Gasteiger partial charge on any atom is -0.339 e. The van der Waals surface area contributed by atoms with Gasteiger partial charge < -0.3 is 9.80 Å². The van der Waals surface area contributed by atoms with Crippen molar-refractivity contribution in [1.82, 2.24) is 14.7 Å². The molecule has 3 rings (SSSR count). The molecule has 0 atom stereocenters. The molecule has 0 bridgehead atoms. The fourth-order valence-corrected chi connectivity index (χ4v) is 3.54. The smallest absolute Gasteiger partial charge is 0.270 e. The lowest BCUT2D eigenvalue weighted by Crippen LogP contribution is -2.53. The van der Waals surface area contributed by atoms with Crippen LogP contribution >= 0.6 is 0 Å². The number of piperazine rings is 1. The molecule has 1 aromatic rings. The number of nitro groups is 1. The van der Waals surface area contributed by atoms with Crippen LogP contribution in [0.4, 0.5) is 5.69 Å². The minimum atomic E-state index is -0.717. The van der Waals surface area contributed by atoms with Crippen molar-refractivity contribution in [2.75, 3.05) is 32.7 Å². The lowest BCUT2D eigenvalue weighted by molar-refractivity contribution is -0.384. The number of non-ortho nitro benzene ring substituents is 1. The molecule has 10 heteroatoms. The van der Waals surface area contributed by atoms with Crippen molar-refractivity contribution in [1.29, 1.82) is 0 Å². The third-order valence-corrected chi connectivity index (χ3v) is 5.13. The first-order valence-electron chi connectivity index (χ1n) is 9.68. The number of carbonyl (C=O) groups excluding carboxylic acids is 4. The lowest BCUT2D eigenvalue weighted by Gasteiger charge is -2.36. The Morgan fingerprint density at radius 1 is 0.967 bits per heavy atom. The maximum absolute atomic E-state index is 12.6. The summed E-state index contributed by atoms with van der Waals surface area (Å²) in [6.07, 6.45) is 0.419. The van der Waals surface area contributed by atoms with E-state index < -0.39 is 29.2 Å². The van der Waals surface area contributed by atoms with Crippen molar-refractivity contribution in [3.05, 3.63) is 39.4 Å². The summed E-state index contributed by atoms with van der Waals surface area (Å²) < 4.78 is 0. The van der Waals surface area contributed by atoms with Crippen molar-refractivity contribution < 1.29 is 24.1 Å². The molecule has 2 heterocycles. The molecule has 30 heavy (non-hydrogen) atoms. The highest BCUT2D eigenvalue weighted by atomic mass is 16.6. The summed E-state index contributed by atoms with van der Waals surface area (Å²) in [5.41, 5.74) is -0.431. The molecule has 1 saturated heterocycles. The number of imide groups is 1. The van der Waals surface area contributed by atoms with Crippen LogP contribution in [0.15, 0.2) is 18.2 Å². The number of amides is 4. The van der Waals surface area contributed by atoms with Gasteiger partial charge in [0.15, 0.2) is 0 Å². The fourth-order valence-electron chi connectivity index (χ4n) is 3.54. The molecule has 0 aromatic heterocycles. The van der Waals surface area contributed by atoms with E-state index in [2.05, 4.69) is 0 Å². The second-order valence-electron chi connectivity index (χ2n) is 8.68. The predicted octanol–water partition coefficient (Wildman–Crippen LogP) is 1.30. The van der Waals surface area contributed by atoms with E-state index in [0.29, 0.717) is 32.6 Å². The first kappa shape index (κ1) is 21.4. The van der Waals surface area contributed by atoms with Gasteiger partial charge in [0.25, 0.3) is 17.5 Å². The summed E-state index contributed by atoms with van der Waals surface area (Å²) >= 11 is 0. The zero-order valence-electron chi connectivity index (χ0n) is 17.2. The van der Waals surface area contributed by atoms with Gasteiger partial charge in [-0.3, -0.25) is 34.2 Å². The number of hydrogen-bond acceptors (Lipinski definition) is 6. The molecule has 2 aliphatic rings. The Morgan fingerprint density at radius 2 is 1.50 bits per heavy atom. The standard InChI is InChI=1S/C20H24N4O6/c1-20(2,3)11-16(25)21-6-8-22(9-7-21)17(26)12-23-18(27)14-5-4-13(24(29)30)10-15(14)19(23)28/h4-5,10H,6-9,11-12H2,1-3H3. The van der Waals surface area contributed by atoms with Gasteiger partial charge in [0.05, 0.1) is 16.1 Å². The summed E-state index contributed by atoms with van der Waals surface area (Å²) in [5.74, 6) is -1.72. The zero-order valence-corrected chi connectivity index (χ0v) is 17.2. The minimum absolute atomic E-state index is 0.0385. The van der Waals surface area contributed by atoms with E-state index in [0.717, 1.165) is 17.0 Å². The predicted molar refractivity (Wildman–Crippen MR) is 106 cm³/mol. The summed E-state index contributed by atoms with van der Waals surface area (Å²) in [7, 11) is 0. The third kappa shape index (κ3) is 4.32. The van der Waals surface area contributed by atoms with Crippen molar-refractivity contribution in [2.24, 2.45) is 5.41 Å². The maximum Gasteiger partial charge on any atom is 0.270 e. The molecule has 0 aliphatic carbocycles. The van der Waals surface area contributed by atoms with Crippen molar-refractivity contribution in [3.8, 4) is 0 Å². The Morgan fingerprint density at radius 3 is 2.03 bits per heavy atom. The molecular formula is C20H24N4O6. The molecule has 0 spiro atoms. The number of rotatable bonds is 4. The Bertz CT molecular complexity index is 928. The van der Waals surface area contributed by atoms with Gasteiger partial charge in [0.1, 0.15) is 6.54 Å². The number of benzene rings is 1. The van der Waals surface area contributed by atoms with E-state index in [-0.39, 0.29) is 28.1 Å². The Labute approximate surface area is 173 Å². The molecule has 4 amide bonds. The van der Waals surface area contributed by atoms with Gasteiger partial charge in [-0.15, -0.1) is 0 Å². The van der Waals surface area contributed by atoms with Crippen LogP contribution in [0, 0.1) is 15.5 Å². The highest BCUT2D eigenvalue weighted by Crippen LogP contribution is 2.27. The molecular weight excluding hydrogens is 392 g/mol. The number of nitrogens with zero attached hydrogens (tertiary/aromatic N) is 4. The van der Waals surface area contributed by atoms with Gasteiger partial charge in [-0.05, 0) is 11.5 Å². The SMILES string of the molecule is CC(C)(C)CC(=O)N1CCN(C(=O)CN2C(=O)c3ccc([N+](=O)[O-])cc3C2=O)CC1. The molecule has 160 valence electrons. The van der Waals surface area contributed by atoms with Gasteiger partial charge in [-0.2, -0.15) is 0 Å². The topological polar surface area (TPSA) is 121 Å². The van der Waals surface area contributed by atoms with Gasteiger partial charge in [0, 0.05) is 44.7 Å². The second kappa shape index (κ2) is 7.85. The van der Waals surface area contributed by atoms with Crippen LogP contribution in [0.25, 0.3) is 0 Å². The quantitative estimate of drug-likeness (QED) is 0.414. The number of nitro benzene ring substituents is 1. The third-order valence-electron chi connectivity index (χ3n) is 5.13. The number of fused-ring (bicyclic) bond motifs is 1. The summed E-state index contributed by atoms with van der Waals surface area (Å²) in [6.45, 7) is 6.97. The monoisotopic (exact) mass is 416 g/mol. The molecule has 0 N–H and O–H groups in total. The van der Waals surface area contributed by atoms with Crippen LogP contribution in [0.1, 0.15) is 47.9 Å². The normalized spacial score (nSPS) is 16.7. The largest absolute Gasteiger partial charge is 0.339 e. The van der Waals surface area contributed by atoms with Crippen molar-refractivity contribution >= 4 is 29.3 Å². The molecule has 1 aromatic carbocycles. The van der Waals surface area contributed by atoms with Crippen molar-refractivity contribution in [3.63, 3.8) is 0 Å². The average molecular weight is 416 g/mol. The van der Waals surface area contributed by atoms with Gasteiger partial charge in [0.2, 0.25) is 11.8 Å². The summed E-state index contributed by atoms with van der Waals surface area (Å²) in [6, 6.07) is 3.45. The highest BCUT2D eigenvalue weighted by Gasteiger charge is 2.39. The Balaban J connectivity index is 1.61. The molecule has 0 saturated carbocycles. The fraction of sp³-hybridized carbons (Fsp3) is 0.500. The lowest BCUT2D eigenvalue weighted by atomic mass is 9.91. The van der Waals surface area contributed by atoms with E-state index in [1.807, 2.05) is 20.8 Å². The molecule has 10 nitrogen and oxygen atoms in total. The van der Waals surface area contributed by atoms with Gasteiger partial charge >= 0.3 is 0 Å². The van der Waals surface area contributed by atoms with Crippen molar-refractivity contribution in [2.45, 2.75) is 27.2 Å². The first-order valence-corrected chi connectivity index (χ1v) is 9.68. The van der Waals surface area contributed by atoms with Crippen LogP contribution in [0.2, 0.25) is 0 Å². The molecule has 2 aliphatic heterocycles. The molecule has 0 unspecified atom stereocenters. The first-order chi connectivity index (χ1) is 14.0. The summed E-state index contributed by atoms with van der Waals surface area (Å²) in [5, 5.41) is 10.9. The van der Waals surface area contributed by atoms with E-state index in [9.17, 15) is 29.3 Å². The maximum atomic E-state index is 12.6. The Kier molecular flexibility index (Phi) is 5.60. The van der Waals surface area contributed by atoms with E-state index in [1.54, 1.807) is 4.90 Å². The molecule has 0 radical (unpaired) electrons. The van der Waals surface area contributed by atoms with E-state index >= 15 is 0 Å². The highest BCUT2D eigenvalue weighted by molar-refractivity contribution is 6.22. The van der Waals surface area contributed by atoms with Crippen LogP contribution in [-0.2, 0) is 9.59 Å². The average Bonchev–Trinajstić information content (AvgIpc) is 2.91. The Hall–Kier alpha value is -3.30. The van der Waals surface area contributed by atoms with Crippen LogP contribution < -0.4 is 0 Å². The zero-order chi connectivity index (χ0) is 22.2. The van der Waals surface area contributed by atoms with Crippen LogP contribution in [0.5, 0.6) is 0 Å².